The third kappa shape index (κ3) is 4.55. The number of likely N-dealkylation sites (tertiary alicyclic amines) is 1. The van der Waals surface area contributed by atoms with Crippen molar-refractivity contribution >= 4 is 22.6 Å². The minimum Gasteiger partial charge on any atom is -0.497 e. The maximum Gasteiger partial charge on any atom is 0.227 e. The Morgan fingerprint density at radius 2 is 1.79 bits per heavy atom. The van der Waals surface area contributed by atoms with Crippen LogP contribution in [0.25, 0.3) is 11.0 Å². The molecule has 2 aromatic carbocycles. The average molecular weight is 448 g/mol. The van der Waals surface area contributed by atoms with E-state index in [1.807, 2.05) is 18.2 Å². The molecular formula is C26H33N5O2. The Kier molecular flexibility index (Phi) is 6.22. The summed E-state index contributed by atoms with van der Waals surface area (Å²) in [5.41, 5.74) is 3.38. The minimum absolute atomic E-state index is 0.0842. The second-order valence-electron chi connectivity index (χ2n) is 9.16. The lowest BCUT2D eigenvalue weighted by molar-refractivity contribution is -0.137. The number of rotatable bonds is 5. The molecule has 7 heteroatoms. The first-order valence-electron chi connectivity index (χ1n) is 11.9. The van der Waals surface area contributed by atoms with Gasteiger partial charge in [-0.1, -0.05) is 12.1 Å². The summed E-state index contributed by atoms with van der Waals surface area (Å²) in [6.07, 6.45) is 2.04. The summed E-state index contributed by atoms with van der Waals surface area (Å²) in [6.45, 7) is 5.94. The highest BCUT2D eigenvalue weighted by Crippen LogP contribution is 2.24. The summed E-state index contributed by atoms with van der Waals surface area (Å²) in [5, 5.41) is 0. The minimum atomic E-state index is 0.0842. The molecule has 2 fully saturated rings. The van der Waals surface area contributed by atoms with Crippen molar-refractivity contribution in [1.29, 1.82) is 0 Å². The van der Waals surface area contributed by atoms with Gasteiger partial charge in [-0.25, -0.2) is 4.98 Å². The van der Waals surface area contributed by atoms with Crippen LogP contribution in [0.2, 0.25) is 0 Å². The summed E-state index contributed by atoms with van der Waals surface area (Å²) in [7, 11) is 3.77. The van der Waals surface area contributed by atoms with E-state index in [0.29, 0.717) is 5.91 Å². The fraction of sp³-hybridized carbons (Fsp3) is 0.462. The summed E-state index contributed by atoms with van der Waals surface area (Å²) < 4.78 is 7.44. The van der Waals surface area contributed by atoms with E-state index in [2.05, 4.69) is 56.6 Å². The van der Waals surface area contributed by atoms with Gasteiger partial charge < -0.3 is 19.1 Å². The normalized spacial score (nSPS) is 19.8. The summed E-state index contributed by atoms with van der Waals surface area (Å²) in [5.74, 6) is 2.34. The van der Waals surface area contributed by atoms with Crippen LogP contribution in [-0.4, -0.2) is 71.6 Å². The number of hydrogen-bond acceptors (Lipinski definition) is 5. The number of piperidine rings is 1. The third-order valence-electron chi connectivity index (χ3n) is 7.13. The molecule has 7 nitrogen and oxygen atoms in total. The third-order valence-corrected chi connectivity index (χ3v) is 7.13. The van der Waals surface area contributed by atoms with Crippen molar-refractivity contribution in [3.8, 4) is 5.75 Å². The molecule has 3 heterocycles. The lowest BCUT2D eigenvalue weighted by atomic mass is 9.96. The van der Waals surface area contributed by atoms with Gasteiger partial charge in [-0.2, -0.15) is 0 Å². The Morgan fingerprint density at radius 3 is 2.52 bits per heavy atom. The molecule has 0 spiro atoms. The lowest BCUT2D eigenvalue weighted by Gasteiger charge is -2.39. The summed E-state index contributed by atoms with van der Waals surface area (Å²) in [6, 6.07) is 16.4. The summed E-state index contributed by atoms with van der Waals surface area (Å²) >= 11 is 0. The number of aryl methyl sites for hydroxylation is 1. The molecule has 1 atom stereocenters. The first-order valence-corrected chi connectivity index (χ1v) is 11.9. The number of ether oxygens (including phenoxy) is 1. The number of methoxy groups -OCH3 is 1. The van der Waals surface area contributed by atoms with Gasteiger partial charge in [0.15, 0.2) is 0 Å². The number of piperazine rings is 1. The van der Waals surface area contributed by atoms with E-state index in [0.717, 1.165) is 81.3 Å². The van der Waals surface area contributed by atoms with Crippen molar-refractivity contribution in [3.63, 3.8) is 0 Å². The Balaban J connectivity index is 1.17. The van der Waals surface area contributed by atoms with E-state index in [-0.39, 0.29) is 5.92 Å². The van der Waals surface area contributed by atoms with Gasteiger partial charge in [-0.3, -0.25) is 9.69 Å². The zero-order valence-electron chi connectivity index (χ0n) is 19.6. The molecule has 1 amide bonds. The molecule has 3 aromatic rings. The highest BCUT2D eigenvalue weighted by molar-refractivity contribution is 5.79. The molecule has 2 aliphatic heterocycles. The number of para-hydroxylation sites is 2. The SMILES string of the molecule is COc1ccc(N2CCN(C(=O)[C@H]3CCCN(Cc4nc5ccccc5n4C)C3)CC2)cc1. The van der Waals surface area contributed by atoms with Gasteiger partial charge in [0.1, 0.15) is 11.6 Å². The molecule has 1 aromatic heterocycles. The van der Waals surface area contributed by atoms with Crippen LogP contribution in [0.3, 0.4) is 0 Å². The highest BCUT2D eigenvalue weighted by Gasteiger charge is 2.31. The largest absolute Gasteiger partial charge is 0.497 e. The van der Waals surface area contributed by atoms with Crippen molar-refractivity contribution in [2.45, 2.75) is 19.4 Å². The van der Waals surface area contributed by atoms with Gasteiger partial charge in [-0.05, 0) is 55.8 Å². The quantitative estimate of drug-likeness (QED) is 0.602. The van der Waals surface area contributed by atoms with Crippen molar-refractivity contribution < 1.29 is 9.53 Å². The van der Waals surface area contributed by atoms with Crippen molar-refractivity contribution in [2.75, 3.05) is 51.3 Å². The molecule has 0 bridgehead atoms. The lowest BCUT2D eigenvalue weighted by Crippen LogP contribution is -2.52. The molecule has 0 radical (unpaired) electrons. The van der Waals surface area contributed by atoms with E-state index < -0.39 is 0 Å². The molecule has 0 N–H and O–H groups in total. The number of hydrogen-bond donors (Lipinski definition) is 0. The standard InChI is InChI=1S/C26H33N5O2/c1-28-24-8-4-3-7-23(24)27-25(28)19-29-13-5-6-20(18-29)26(32)31-16-14-30(15-17-31)21-9-11-22(33-2)12-10-21/h3-4,7-12,20H,5-6,13-19H2,1-2H3/t20-/m0/s1. The maximum absolute atomic E-state index is 13.3. The molecule has 33 heavy (non-hydrogen) atoms. The van der Waals surface area contributed by atoms with E-state index in [1.54, 1.807) is 7.11 Å². The smallest absolute Gasteiger partial charge is 0.227 e. The highest BCUT2D eigenvalue weighted by atomic mass is 16.5. The number of nitrogens with zero attached hydrogens (tertiary/aromatic N) is 5. The Morgan fingerprint density at radius 1 is 1.03 bits per heavy atom. The topological polar surface area (TPSA) is 53.8 Å². The zero-order chi connectivity index (χ0) is 22.8. The first kappa shape index (κ1) is 21.8. The molecule has 0 saturated carbocycles. The summed E-state index contributed by atoms with van der Waals surface area (Å²) in [4.78, 5) is 25.0. The number of benzene rings is 2. The van der Waals surface area contributed by atoms with Gasteiger partial charge in [0.2, 0.25) is 5.91 Å². The van der Waals surface area contributed by atoms with Gasteiger partial charge in [0.05, 0.1) is 30.6 Å². The van der Waals surface area contributed by atoms with Gasteiger partial charge in [0, 0.05) is 45.5 Å². The average Bonchev–Trinajstić information content (AvgIpc) is 3.19. The Hall–Kier alpha value is -3.06. The van der Waals surface area contributed by atoms with Crippen LogP contribution in [0, 0.1) is 5.92 Å². The van der Waals surface area contributed by atoms with Crippen LogP contribution < -0.4 is 9.64 Å². The van der Waals surface area contributed by atoms with Crippen LogP contribution in [-0.2, 0) is 18.4 Å². The molecule has 5 rings (SSSR count). The van der Waals surface area contributed by atoms with Crippen LogP contribution >= 0.6 is 0 Å². The molecule has 0 unspecified atom stereocenters. The molecule has 2 saturated heterocycles. The van der Waals surface area contributed by atoms with E-state index in [9.17, 15) is 4.79 Å². The molecule has 0 aliphatic carbocycles. The fourth-order valence-electron chi connectivity index (χ4n) is 5.17. The second kappa shape index (κ2) is 9.43. The number of carbonyl (C=O) groups excluding carboxylic acids is 1. The number of fused-ring (bicyclic) bond motifs is 1. The van der Waals surface area contributed by atoms with Crippen molar-refractivity contribution in [1.82, 2.24) is 19.4 Å². The van der Waals surface area contributed by atoms with E-state index in [4.69, 9.17) is 9.72 Å². The number of aromatic nitrogens is 2. The van der Waals surface area contributed by atoms with Crippen molar-refractivity contribution in [2.24, 2.45) is 13.0 Å². The zero-order valence-corrected chi connectivity index (χ0v) is 19.6. The number of carbonyl (C=O) groups is 1. The van der Waals surface area contributed by atoms with Gasteiger partial charge >= 0.3 is 0 Å². The van der Waals surface area contributed by atoms with Crippen molar-refractivity contribution in [3.05, 3.63) is 54.4 Å². The van der Waals surface area contributed by atoms with Crippen LogP contribution in [0.5, 0.6) is 5.75 Å². The maximum atomic E-state index is 13.3. The molecule has 174 valence electrons. The van der Waals surface area contributed by atoms with Gasteiger partial charge in [-0.15, -0.1) is 0 Å². The number of imidazole rings is 1. The predicted octanol–water partition coefficient (Wildman–Crippen LogP) is 3.14. The molecule has 2 aliphatic rings. The Labute approximate surface area is 195 Å². The van der Waals surface area contributed by atoms with Crippen LogP contribution in [0.15, 0.2) is 48.5 Å². The first-order chi connectivity index (χ1) is 16.1. The van der Waals surface area contributed by atoms with E-state index >= 15 is 0 Å². The van der Waals surface area contributed by atoms with Crippen LogP contribution in [0.4, 0.5) is 5.69 Å². The molecular weight excluding hydrogens is 414 g/mol. The second-order valence-corrected chi connectivity index (χ2v) is 9.16. The monoisotopic (exact) mass is 447 g/mol. The Bertz CT molecular complexity index is 1100. The fourth-order valence-corrected chi connectivity index (χ4v) is 5.17. The number of amides is 1. The van der Waals surface area contributed by atoms with Crippen LogP contribution in [0.1, 0.15) is 18.7 Å². The van der Waals surface area contributed by atoms with E-state index in [1.165, 1.54) is 5.69 Å². The van der Waals surface area contributed by atoms with Gasteiger partial charge in [0.25, 0.3) is 0 Å². The number of anilines is 1. The predicted molar refractivity (Wildman–Crippen MR) is 131 cm³/mol.